The third-order valence-corrected chi connectivity index (χ3v) is 3.75. The lowest BCUT2D eigenvalue weighted by Gasteiger charge is -2.19. The quantitative estimate of drug-likeness (QED) is 0.835. The van der Waals surface area contributed by atoms with Crippen molar-refractivity contribution in [2.75, 3.05) is 25.0 Å². The largest absolute Gasteiger partial charge is 0.387 e. The molecule has 2 N–H and O–H groups in total. The van der Waals surface area contributed by atoms with E-state index in [1.165, 1.54) is 6.20 Å². The van der Waals surface area contributed by atoms with Crippen molar-refractivity contribution in [2.24, 2.45) is 0 Å². The van der Waals surface area contributed by atoms with Crippen molar-refractivity contribution in [2.45, 2.75) is 6.10 Å². The van der Waals surface area contributed by atoms with Crippen LogP contribution >= 0.6 is 11.6 Å². The van der Waals surface area contributed by atoms with Crippen molar-refractivity contribution in [1.29, 1.82) is 5.26 Å². The molecule has 0 bridgehead atoms. The molecule has 6 nitrogen and oxygen atoms in total. The number of pyridine rings is 1. The number of nitrogens with zero attached hydrogens (tertiary/aromatic N) is 3. The SMILES string of the molecule is CN(CC(=O)NC[C@H](O)c1ccccc1Cl)c1ccc(C#N)cn1. The molecule has 2 rings (SSSR count). The Morgan fingerprint density at radius 3 is 2.79 bits per heavy atom. The van der Waals surface area contributed by atoms with Crippen molar-refractivity contribution in [3.63, 3.8) is 0 Å². The number of nitriles is 1. The van der Waals surface area contributed by atoms with E-state index in [4.69, 9.17) is 16.9 Å². The molecule has 1 atom stereocenters. The van der Waals surface area contributed by atoms with Crippen molar-refractivity contribution in [3.05, 3.63) is 58.7 Å². The number of benzene rings is 1. The molecule has 0 saturated carbocycles. The van der Waals surface area contributed by atoms with Crippen LogP contribution in [0.4, 0.5) is 5.82 Å². The van der Waals surface area contributed by atoms with Gasteiger partial charge in [0.15, 0.2) is 0 Å². The van der Waals surface area contributed by atoms with Crippen LogP contribution in [0.3, 0.4) is 0 Å². The molecule has 24 heavy (non-hydrogen) atoms. The lowest BCUT2D eigenvalue weighted by Crippen LogP contribution is -2.37. The number of aliphatic hydroxyl groups excluding tert-OH is 1. The molecule has 0 aliphatic heterocycles. The minimum atomic E-state index is -0.874. The molecular weight excluding hydrogens is 328 g/mol. The van der Waals surface area contributed by atoms with E-state index >= 15 is 0 Å². The number of hydrogen-bond acceptors (Lipinski definition) is 5. The van der Waals surface area contributed by atoms with Crippen LogP contribution in [0.2, 0.25) is 5.02 Å². The molecule has 0 unspecified atom stereocenters. The molecule has 7 heteroatoms. The highest BCUT2D eigenvalue weighted by atomic mass is 35.5. The van der Waals surface area contributed by atoms with Crippen LogP contribution < -0.4 is 10.2 Å². The van der Waals surface area contributed by atoms with Crippen molar-refractivity contribution >= 4 is 23.3 Å². The molecular formula is C17H17ClN4O2. The Morgan fingerprint density at radius 1 is 1.42 bits per heavy atom. The fourth-order valence-corrected chi connectivity index (χ4v) is 2.36. The van der Waals surface area contributed by atoms with E-state index in [0.29, 0.717) is 22.0 Å². The summed E-state index contributed by atoms with van der Waals surface area (Å²) in [6, 6.07) is 12.2. The van der Waals surface area contributed by atoms with Crippen molar-refractivity contribution in [1.82, 2.24) is 10.3 Å². The van der Waals surface area contributed by atoms with Crippen LogP contribution in [0.1, 0.15) is 17.2 Å². The predicted octanol–water partition coefficient (Wildman–Crippen LogP) is 1.89. The summed E-state index contributed by atoms with van der Waals surface area (Å²) in [5, 5.41) is 22.0. The second-order valence-corrected chi connectivity index (χ2v) is 5.62. The minimum absolute atomic E-state index is 0.0667. The third kappa shape index (κ3) is 4.69. The van der Waals surface area contributed by atoms with Crippen LogP contribution in [-0.2, 0) is 4.79 Å². The van der Waals surface area contributed by atoms with Gasteiger partial charge in [-0.3, -0.25) is 4.79 Å². The van der Waals surface area contributed by atoms with Crippen LogP contribution in [0.5, 0.6) is 0 Å². The zero-order valence-electron chi connectivity index (χ0n) is 13.1. The molecule has 0 aliphatic rings. The summed E-state index contributed by atoms with van der Waals surface area (Å²) < 4.78 is 0. The lowest BCUT2D eigenvalue weighted by atomic mass is 10.1. The molecule has 1 aromatic carbocycles. The van der Waals surface area contributed by atoms with Gasteiger partial charge < -0.3 is 15.3 Å². The standard InChI is InChI=1S/C17H17ClN4O2/c1-22(16-7-6-12(8-19)9-20-16)11-17(24)21-10-15(23)13-4-2-3-5-14(13)18/h2-7,9,15,23H,10-11H2,1H3,(H,21,24)/t15-/m0/s1. The van der Waals surface area contributed by atoms with Crippen molar-refractivity contribution in [3.8, 4) is 6.07 Å². The number of likely N-dealkylation sites (N-methyl/N-ethyl adjacent to an activating group) is 1. The summed E-state index contributed by atoms with van der Waals surface area (Å²) in [7, 11) is 1.72. The van der Waals surface area contributed by atoms with Gasteiger partial charge in [0.1, 0.15) is 11.9 Å². The molecule has 0 aliphatic carbocycles. The van der Waals surface area contributed by atoms with Crippen molar-refractivity contribution < 1.29 is 9.90 Å². The minimum Gasteiger partial charge on any atom is -0.387 e. The molecule has 0 spiro atoms. The first kappa shape index (κ1) is 17.7. The second-order valence-electron chi connectivity index (χ2n) is 5.21. The number of aliphatic hydroxyl groups is 1. The number of halogens is 1. The van der Waals surface area contributed by atoms with Gasteiger partial charge in [-0.25, -0.2) is 4.98 Å². The Labute approximate surface area is 145 Å². The highest BCUT2D eigenvalue weighted by Gasteiger charge is 2.14. The van der Waals surface area contributed by atoms with Gasteiger partial charge in [0, 0.05) is 30.4 Å². The highest BCUT2D eigenvalue weighted by molar-refractivity contribution is 6.31. The van der Waals surface area contributed by atoms with E-state index in [2.05, 4.69) is 10.3 Å². The molecule has 0 fully saturated rings. The average Bonchev–Trinajstić information content (AvgIpc) is 2.60. The van der Waals surface area contributed by atoms with Gasteiger partial charge in [0.05, 0.1) is 18.2 Å². The van der Waals surface area contributed by atoms with E-state index in [1.807, 2.05) is 6.07 Å². The summed E-state index contributed by atoms with van der Waals surface area (Å²) in [6.07, 6.45) is 0.575. The Kier molecular flexibility index (Phi) is 6.13. The van der Waals surface area contributed by atoms with Crippen LogP contribution in [0.25, 0.3) is 0 Å². The maximum atomic E-state index is 12.0. The van der Waals surface area contributed by atoms with Gasteiger partial charge in [-0.05, 0) is 18.2 Å². The summed E-state index contributed by atoms with van der Waals surface area (Å²) in [5.74, 6) is 0.325. The van der Waals surface area contributed by atoms with Gasteiger partial charge in [0.2, 0.25) is 5.91 Å². The van der Waals surface area contributed by atoms with E-state index in [1.54, 1.807) is 48.3 Å². The Hall–Kier alpha value is -2.62. The summed E-state index contributed by atoms with van der Waals surface area (Å²) in [6.45, 7) is 0.144. The number of hydrogen-bond donors (Lipinski definition) is 2. The number of aromatic nitrogens is 1. The van der Waals surface area contributed by atoms with Gasteiger partial charge in [-0.1, -0.05) is 29.8 Å². The maximum Gasteiger partial charge on any atom is 0.239 e. The first-order valence-electron chi connectivity index (χ1n) is 7.27. The Bertz CT molecular complexity index is 743. The van der Waals surface area contributed by atoms with E-state index in [0.717, 1.165) is 0 Å². The smallest absolute Gasteiger partial charge is 0.239 e. The normalized spacial score (nSPS) is 11.4. The van der Waals surface area contributed by atoms with Gasteiger partial charge >= 0.3 is 0 Å². The zero-order chi connectivity index (χ0) is 17.5. The van der Waals surface area contributed by atoms with E-state index < -0.39 is 6.10 Å². The van der Waals surface area contributed by atoms with E-state index in [9.17, 15) is 9.90 Å². The topological polar surface area (TPSA) is 89.3 Å². The number of amides is 1. The van der Waals surface area contributed by atoms with Crippen LogP contribution in [0, 0.1) is 11.3 Å². The lowest BCUT2D eigenvalue weighted by molar-refractivity contribution is -0.120. The third-order valence-electron chi connectivity index (χ3n) is 3.41. The predicted molar refractivity (Wildman–Crippen MR) is 91.6 cm³/mol. The summed E-state index contributed by atoms with van der Waals surface area (Å²) in [5.41, 5.74) is 1.03. The second kappa shape index (κ2) is 8.29. The van der Waals surface area contributed by atoms with E-state index in [-0.39, 0.29) is 19.0 Å². The first-order chi connectivity index (χ1) is 11.5. The molecule has 1 amide bonds. The molecule has 124 valence electrons. The number of nitrogens with one attached hydrogen (secondary N) is 1. The molecule has 0 saturated heterocycles. The Balaban J connectivity index is 1.86. The fraction of sp³-hybridized carbons (Fsp3) is 0.235. The maximum absolute atomic E-state index is 12.0. The number of carbonyl (C=O) groups excluding carboxylic acids is 1. The fourth-order valence-electron chi connectivity index (χ4n) is 2.10. The van der Waals surface area contributed by atoms with Crippen LogP contribution in [-0.4, -0.2) is 36.1 Å². The number of anilines is 1. The number of rotatable bonds is 6. The Morgan fingerprint density at radius 2 is 2.17 bits per heavy atom. The van der Waals surface area contributed by atoms with Gasteiger partial charge in [0.25, 0.3) is 0 Å². The number of carbonyl (C=O) groups is 1. The molecule has 1 heterocycles. The summed E-state index contributed by atoms with van der Waals surface area (Å²) in [4.78, 5) is 17.8. The first-order valence-corrected chi connectivity index (χ1v) is 7.65. The molecule has 0 radical (unpaired) electrons. The molecule has 1 aromatic heterocycles. The van der Waals surface area contributed by atoms with Gasteiger partial charge in [-0.15, -0.1) is 0 Å². The highest BCUT2D eigenvalue weighted by Crippen LogP contribution is 2.21. The van der Waals surface area contributed by atoms with Crippen LogP contribution in [0.15, 0.2) is 42.6 Å². The van der Waals surface area contributed by atoms with Gasteiger partial charge in [-0.2, -0.15) is 5.26 Å². The monoisotopic (exact) mass is 344 g/mol. The summed E-state index contributed by atoms with van der Waals surface area (Å²) >= 11 is 6.01. The average molecular weight is 345 g/mol. The molecule has 2 aromatic rings. The zero-order valence-corrected chi connectivity index (χ0v) is 13.9.